The number of carbonyl (C=O) groups excluding carboxylic acids is 2. The molecule has 6 rings (SSSR count). The summed E-state index contributed by atoms with van der Waals surface area (Å²) in [6.07, 6.45) is 5.62. The Bertz CT molecular complexity index is 648. The molecule has 6 atom stereocenters. The van der Waals surface area contributed by atoms with Crippen molar-refractivity contribution in [2.24, 2.45) is 35.5 Å². The van der Waals surface area contributed by atoms with Crippen LogP contribution in [0.3, 0.4) is 0 Å². The van der Waals surface area contributed by atoms with E-state index in [0.29, 0.717) is 23.7 Å². The number of anilines is 1. The average molecular weight is 294 g/mol. The molecule has 4 nitrogen and oxygen atoms in total. The van der Waals surface area contributed by atoms with E-state index in [0.717, 1.165) is 5.69 Å². The number of para-hydroxylation sites is 1. The van der Waals surface area contributed by atoms with Gasteiger partial charge in [0, 0.05) is 5.69 Å². The minimum atomic E-state index is -0.0937. The number of likely N-dealkylation sites (tertiary alicyclic amines) is 1. The zero-order valence-electron chi connectivity index (χ0n) is 12.2. The molecule has 4 aliphatic carbocycles. The van der Waals surface area contributed by atoms with Gasteiger partial charge in [-0.05, 0) is 42.2 Å². The second-order valence-corrected chi connectivity index (χ2v) is 6.96. The molecule has 3 fully saturated rings. The Labute approximate surface area is 129 Å². The van der Waals surface area contributed by atoms with E-state index in [2.05, 4.69) is 17.5 Å². The summed E-state index contributed by atoms with van der Waals surface area (Å²) in [5, 5.41) is 3.19. The van der Waals surface area contributed by atoms with Crippen molar-refractivity contribution in [2.45, 2.75) is 6.42 Å². The van der Waals surface area contributed by atoms with E-state index in [9.17, 15) is 9.59 Å². The second-order valence-electron chi connectivity index (χ2n) is 6.96. The van der Waals surface area contributed by atoms with E-state index in [1.165, 1.54) is 11.3 Å². The predicted octanol–water partition coefficient (Wildman–Crippen LogP) is 2.11. The number of hydrogen-bond acceptors (Lipinski definition) is 3. The van der Waals surface area contributed by atoms with Crippen molar-refractivity contribution in [3.8, 4) is 0 Å². The van der Waals surface area contributed by atoms with Crippen LogP contribution in [0, 0.1) is 35.5 Å². The molecule has 22 heavy (non-hydrogen) atoms. The van der Waals surface area contributed by atoms with Crippen molar-refractivity contribution in [1.29, 1.82) is 0 Å². The van der Waals surface area contributed by atoms with Crippen LogP contribution in [0.4, 0.5) is 5.69 Å². The van der Waals surface area contributed by atoms with Crippen molar-refractivity contribution in [3.63, 3.8) is 0 Å². The van der Waals surface area contributed by atoms with E-state index in [1.54, 1.807) is 0 Å². The molecule has 0 radical (unpaired) electrons. The highest BCUT2D eigenvalue weighted by molar-refractivity contribution is 6.06. The third kappa shape index (κ3) is 1.52. The molecular formula is C18H18N2O2. The lowest BCUT2D eigenvalue weighted by atomic mass is 9.63. The molecule has 2 saturated carbocycles. The molecule has 0 spiro atoms. The lowest BCUT2D eigenvalue weighted by Crippen LogP contribution is -2.40. The molecule has 1 N–H and O–H groups in total. The molecule has 1 aromatic carbocycles. The molecule has 1 saturated heterocycles. The standard InChI is InChI=1S/C18H18N2O2/c21-17-15-11-6-7-12(14-8-13(11)14)16(15)18(22)20(17)9-19-10-4-2-1-3-5-10/h1-7,11-16,19H,8-9H2/t11-,12-,13-,14+,15-,16+/m1/s1. The van der Waals surface area contributed by atoms with Gasteiger partial charge in [-0.25, -0.2) is 0 Å². The van der Waals surface area contributed by atoms with Gasteiger partial charge in [0.05, 0.1) is 18.5 Å². The number of carbonyl (C=O) groups is 2. The molecule has 0 aromatic heterocycles. The molecule has 5 aliphatic rings. The molecule has 1 heterocycles. The Balaban J connectivity index is 1.38. The summed E-state index contributed by atoms with van der Waals surface area (Å²) in [5.41, 5.74) is 0.932. The summed E-state index contributed by atoms with van der Waals surface area (Å²) in [6, 6.07) is 9.71. The average Bonchev–Trinajstić information content (AvgIpc) is 3.33. The second kappa shape index (κ2) is 4.22. The van der Waals surface area contributed by atoms with Crippen molar-refractivity contribution in [3.05, 3.63) is 42.5 Å². The predicted molar refractivity (Wildman–Crippen MR) is 81.5 cm³/mol. The number of imide groups is 1. The van der Waals surface area contributed by atoms with Crippen molar-refractivity contribution < 1.29 is 9.59 Å². The Hall–Kier alpha value is -2.10. The number of hydrogen-bond donors (Lipinski definition) is 1. The van der Waals surface area contributed by atoms with E-state index in [-0.39, 0.29) is 30.3 Å². The molecule has 1 aliphatic heterocycles. The topological polar surface area (TPSA) is 49.4 Å². The van der Waals surface area contributed by atoms with Crippen molar-refractivity contribution in [1.82, 2.24) is 4.90 Å². The normalized spacial score (nSPS) is 40.6. The van der Waals surface area contributed by atoms with Gasteiger partial charge in [0.1, 0.15) is 0 Å². The summed E-state index contributed by atoms with van der Waals surface area (Å²) < 4.78 is 0. The van der Waals surface area contributed by atoms with Crippen LogP contribution in [-0.2, 0) is 9.59 Å². The first-order chi connectivity index (χ1) is 10.8. The number of nitrogens with zero attached hydrogens (tertiary/aromatic N) is 1. The minimum absolute atomic E-state index is 0.0307. The number of benzene rings is 1. The maximum absolute atomic E-state index is 12.8. The summed E-state index contributed by atoms with van der Waals surface area (Å²) in [4.78, 5) is 27.0. The van der Waals surface area contributed by atoms with Crippen molar-refractivity contribution in [2.75, 3.05) is 12.0 Å². The minimum Gasteiger partial charge on any atom is -0.367 e. The van der Waals surface area contributed by atoms with Crippen LogP contribution in [0.5, 0.6) is 0 Å². The van der Waals surface area contributed by atoms with Gasteiger partial charge in [0.15, 0.2) is 0 Å². The van der Waals surface area contributed by atoms with Gasteiger partial charge in [0.2, 0.25) is 11.8 Å². The van der Waals surface area contributed by atoms with E-state index in [4.69, 9.17) is 0 Å². The maximum Gasteiger partial charge on any atom is 0.235 e. The van der Waals surface area contributed by atoms with Gasteiger partial charge in [0.25, 0.3) is 0 Å². The molecule has 4 heteroatoms. The molecular weight excluding hydrogens is 276 g/mol. The summed E-state index contributed by atoms with van der Waals surface area (Å²) in [7, 11) is 0. The lowest BCUT2D eigenvalue weighted by Gasteiger charge is -2.37. The molecule has 2 bridgehead atoms. The lowest BCUT2D eigenvalue weighted by molar-refractivity contribution is -0.139. The zero-order chi connectivity index (χ0) is 14.8. The monoisotopic (exact) mass is 294 g/mol. The molecule has 1 aromatic rings. The number of rotatable bonds is 3. The molecule has 2 amide bonds. The maximum atomic E-state index is 12.8. The van der Waals surface area contributed by atoms with E-state index in [1.807, 2.05) is 30.3 Å². The Kier molecular flexibility index (Phi) is 2.38. The van der Waals surface area contributed by atoms with Crippen LogP contribution >= 0.6 is 0 Å². The first-order valence-corrected chi connectivity index (χ1v) is 8.08. The highest BCUT2D eigenvalue weighted by Crippen LogP contribution is 2.65. The van der Waals surface area contributed by atoms with Crippen LogP contribution in [0.2, 0.25) is 0 Å². The summed E-state index contributed by atoms with van der Waals surface area (Å²) >= 11 is 0. The smallest absolute Gasteiger partial charge is 0.235 e. The highest BCUT2D eigenvalue weighted by Gasteiger charge is 2.66. The third-order valence-corrected chi connectivity index (χ3v) is 5.97. The fourth-order valence-corrected chi connectivity index (χ4v) is 4.90. The third-order valence-electron chi connectivity index (χ3n) is 5.97. The molecule has 112 valence electrons. The van der Waals surface area contributed by atoms with Gasteiger partial charge < -0.3 is 5.32 Å². The molecule has 0 unspecified atom stereocenters. The van der Waals surface area contributed by atoms with Crippen LogP contribution in [0.25, 0.3) is 0 Å². The van der Waals surface area contributed by atoms with Gasteiger partial charge in [-0.2, -0.15) is 0 Å². The van der Waals surface area contributed by atoms with Gasteiger partial charge in [-0.15, -0.1) is 0 Å². The van der Waals surface area contributed by atoms with Crippen LogP contribution in [0.15, 0.2) is 42.5 Å². The van der Waals surface area contributed by atoms with Crippen LogP contribution in [-0.4, -0.2) is 23.4 Å². The Morgan fingerprint density at radius 1 is 0.955 bits per heavy atom. The highest BCUT2D eigenvalue weighted by atomic mass is 16.2. The number of nitrogens with one attached hydrogen (secondary N) is 1. The van der Waals surface area contributed by atoms with Crippen LogP contribution in [0.1, 0.15) is 6.42 Å². The number of amides is 2. The van der Waals surface area contributed by atoms with E-state index < -0.39 is 0 Å². The fraction of sp³-hybridized carbons (Fsp3) is 0.444. The van der Waals surface area contributed by atoms with Gasteiger partial charge in [-0.3, -0.25) is 14.5 Å². The van der Waals surface area contributed by atoms with Gasteiger partial charge >= 0.3 is 0 Å². The Morgan fingerprint density at radius 3 is 2.14 bits per heavy atom. The first-order valence-electron chi connectivity index (χ1n) is 8.08. The fourth-order valence-electron chi connectivity index (χ4n) is 4.90. The van der Waals surface area contributed by atoms with Gasteiger partial charge in [-0.1, -0.05) is 30.4 Å². The van der Waals surface area contributed by atoms with E-state index >= 15 is 0 Å². The summed E-state index contributed by atoms with van der Waals surface area (Å²) in [5.74, 6) is 1.81. The number of allylic oxidation sites excluding steroid dienone is 2. The first kappa shape index (κ1) is 12.4. The Morgan fingerprint density at radius 2 is 1.55 bits per heavy atom. The quantitative estimate of drug-likeness (QED) is 0.686. The van der Waals surface area contributed by atoms with Crippen LogP contribution < -0.4 is 5.32 Å². The summed E-state index contributed by atoms with van der Waals surface area (Å²) in [6.45, 7) is 0.281. The van der Waals surface area contributed by atoms with Crippen molar-refractivity contribution >= 4 is 17.5 Å². The SMILES string of the molecule is O=C1[C@@H]2[C@@H]3C=C[C@H]([C@@H]4C[C@H]34)[C@@H]2C(=O)N1CNc1ccccc1. The zero-order valence-corrected chi connectivity index (χ0v) is 12.2. The largest absolute Gasteiger partial charge is 0.367 e.